The van der Waals surface area contributed by atoms with Crippen molar-refractivity contribution >= 4 is 45.0 Å². The molecule has 0 radical (unpaired) electrons. The average molecular weight is 254 g/mol. The summed E-state index contributed by atoms with van der Waals surface area (Å²) in [4.78, 5) is 0. The molecule has 1 unspecified atom stereocenters. The lowest BCUT2D eigenvalue weighted by molar-refractivity contribution is 0.847. The van der Waals surface area contributed by atoms with Gasteiger partial charge in [0.25, 0.3) is 0 Å². The molecule has 0 spiro atoms. The number of halogens is 3. The van der Waals surface area contributed by atoms with Gasteiger partial charge in [0.1, 0.15) is 0 Å². The zero-order valence-electron chi connectivity index (χ0n) is 7.31. The Labute approximate surface area is 96.6 Å². The number of hydrogen-bond donors (Lipinski definition) is 0. The molecular formula is C9H11Cl3Si. The van der Waals surface area contributed by atoms with Crippen LogP contribution in [0.5, 0.6) is 0 Å². The Bertz CT molecular complexity index is 255. The normalized spacial score (nSPS) is 14.4. The molecule has 0 aliphatic carbocycles. The third-order valence-electron chi connectivity index (χ3n) is 1.94. The summed E-state index contributed by atoms with van der Waals surface area (Å²) >= 11 is 17.4. The SMILES string of the molecule is [SiH3]C(Cc1ccccc1)C(Cl)(Cl)Cl. The van der Waals surface area contributed by atoms with Crippen molar-refractivity contribution in [1.82, 2.24) is 0 Å². The number of alkyl halides is 3. The molecule has 1 aromatic rings. The van der Waals surface area contributed by atoms with Gasteiger partial charge in [0.05, 0.1) is 0 Å². The second-order valence-corrected chi connectivity index (χ2v) is 6.90. The van der Waals surface area contributed by atoms with Crippen molar-refractivity contribution in [2.45, 2.75) is 15.8 Å². The molecule has 0 aliphatic heterocycles. The Morgan fingerprint density at radius 1 is 1.15 bits per heavy atom. The molecule has 0 aliphatic rings. The van der Waals surface area contributed by atoms with Crippen LogP contribution in [0.2, 0.25) is 5.54 Å². The highest BCUT2D eigenvalue weighted by molar-refractivity contribution is 6.69. The number of rotatable bonds is 2. The minimum Gasteiger partial charge on any atom is -0.0837 e. The minimum atomic E-state index is -1.11. The highest BCUT2D eigenvalue weighted by atomic mass is 35.6. The van der Waals surface area contributed by atoms with Gasteiger partial charge >= 0.3 is 0 Å². The largest absolute Gasteiger partial charge is 0.190 e. The van der Waals surface area contributed by atoms with Crippen molar-refractivity contribution < 1.29 is 0 Å². The van der Waals surface area contributed by atoms with E-state index in [0.29, 0.717) is 0 Å². The lowest BCUT2D eigenvalue weighted by Crippen LogP contribution is -2.15. The van der Waals surface area contributed by atoms with Gasteiger partial charge in [-0.1, -0.05) is 65.1 Å². The van der Waals surface area contributed by atoms with E-state index in [1.807, 2.05) is 18.2 Å². The van der Waals surface area contributed by atoms with E-state index in [1.54, 1.807) is 0 Å². The Morgan fingerprint density at radius 2 is 1.69 bits per heavy atom. The van der Waals surface area contributed by atoms with Gasteiger partial charge in [-0.25, -0.2) is 0 Å². The van der Waals surface area contributed by atoms with E-state index in [2.05, 4.69) is 12.1 Å². The molecular weight excluding hydrogens is 243 g/mol. The van der Waals surface area contributed by atoms with Crippen LogP contribution < -0.4 is 0 Å². The minimum absolute atomic E-state index is 0.167. The van der Waals surface area contributed by atoms with Gasteiger partial charge < -0.3 is 0 Å². The van der Waals surface area contributed by atoms with Crippen LogP contribution in [-0.4, -0.2) is 14.0 Å². The Morgan fingerprint density at radius 3 is 2.15 bits per heavy atom. The van der Waals surface area contributed by atoms with Gasteiger partial charge in [0, 0.05) is 10.2 Å². The van der Waals surface area contributed by atoms with E-state index in [0.717, 1.165) is 16.7 Å². The van der Waals surface area contributed by atoms with E-state index < -0.39 is 3.79 Å². The highest BCUT2D eigenvalue weighted by Crippen LogP contribution is 2.38. The zero-order valence-corrected chi connectivity index (χ0v) is 11.6. The molecule has 13 heavy (non-hydrogen) atoms. The summed E-state index contributed by atoms with van der Waals surface area (Å²) in [6.07, 6.45) is 0.851. The molecule has 0 bridgehead atoms. The first-order valence-corrected chi connectivity index (χ1v) is 6.39. The predicted octanol–water partition coefficient (Wildman–Crippen LogP) is 2.75. The van der Waals surface area contributed by atoms with Crippen LogP contribution in [0, 0.1) is 0 Å². The Hall–Kier alpha value is 0.307. The second kappa shape index (κ2) is 4.69. The molecule has 0 saturated carbocycles. The molecule has 1 atom stereocenters. The maximum atomic E-state index is 5.80. The lowest BCUT2D eigenvalue weighted by Gasteiger charge is -2.19. The fourth-order valence-corrected chi connectivity index (χ4v) is 1.79. The first-order valence-electron chi connectivity index (χ1n) is 4.11. The van der Waals surface area contributed by atoms with E-state index >= 15 is 0 Å². The number of benzene rings is 1. The van der Waals surface area contributed by atoms with E-state index in [1.165, 1.54) is 5.56 Å². The Balaban J connectivity index is 2.61. The maximum Gasteiger partial charge on any atom is 0.190 e. The van der Waals surface area contributed by atoms with Crippen molar-refractivity contribution in [1.29, 1.82) is 0 Å². The maximum absolute atomic E-state index is 5.80. The summed E-state index contributed by atoms with van der Waals surface area (Å²) in [6, 6.07) is 10.1. The van der Waals surface area contributed by atoms with Crippen LogP contribution in [0.3, 0.4) is 0 Å². The molecule has 0 N–H and O–H groups in total. The van der Waals surface area contributed by atoms with Crippen molar-refractivity contribution in [2.75, 3.05) is 0 Å². The van der Waals surface area contributed by atoms with Crippen LogP contribution in [0.15, 0.2) is 30.3 Å². The van der Waals surface area contributed by atoms with Crippen molar-refractivity contribution in [3.05, 3.63) is 35.9 Å². The van der Waals surface area contributed by atoms with Crippen molar-refractivity contribution in [3.8, 4) is 0 Å². The summed E-state index contributed by atoms with van der Waals surface area (Å²) < 4.78 is -1.11. The van der Waals surface area contributed by atoms with Gasteiger partial charge in [0.15, 0.2) is 3.79 Å². The summed E-state index contributed by atoms with van der Waals surface area (Å²) in [7, 11) is 0.887. The molecule has 4 heteroatoms. The lowest BCUT2D eigenvalue weighted by atomic mass is 10.1. The first kappa shape index (κ1) is 11.4. The average Bonchev–Trinajstić information content (AvgIpc) is 2.04. The fraction of sp³-hybridized carbons (Fsp3) is 0.333. The molecule has 0 nitrogen and oxygen atoms in total. The van der Waals surface area contributed by atoms with Crippen molar-refractivity contribution in [3.63, 3.8) is 0 Å². The molecule has 0 aromatic heterocycles. The standard InChI is InChI=1S/C9H11Cl3Si/c10-9(11,12)8(13)6-7-4-2-1-3-5-7/h1-5,8H,6H2,13H3. The van der Waals surface area contributed by atoms with Gasteiger partial charge in [0.2, 0.25) is 0 Å². The van der Waals surface area contributed by atoms with Gasteiger partial charge in [-0.15, -0.1) is 0 Å². The molecule has 1 rings (SSSR count). The first-order chi connectivity index (χ1) is 6.00. The highest BCUT2D eigenvalue weighted by Gasteiger charge is 2.28. The van der Waals surface area contributed by atoms with E-state index in [-0.39, 0.29) is 5.54 Å². The van der Waals surface area contributed by atoms with Crippen LogP contribution in [0.1, 0.15) is 5.56 Å². The molecule has 0 heterocycles. The molecule has 72 valence electrons. The third-order valence-corrected chi connectivity index (χ3v) is 5.43. The van der Waals surface area contributed by atoms with Crippen molar-refractivity contribution in [2.24, 2.45) is 0 Å². The smallest absolute Gasteiger partial charge is 0.0837 e. The summed E-state index contributed by atoms with van der Waals surface area (Å²) in [6.45, 7) is 0. The predicted molar refractivity (Wildman–Crippen MR) is 64.1 cm³/mol. The monoisotopic (exact) mass is 252 g/mol. The zero-order chi connectivity index (χ0) is 9.90. The number of hydrogen-bond acceptors (Lipinski definition) is 0. The second-order valence-electron chi connectivity index (χ2n) is 3.13. The summed E-state index contributed by atoms with van der Waals surface area (Å²) in [5.41, 5.74) is 1.40. The summed E-state index contributed by atoms with van der Waals surface area (Å²) in [5, 5.41) is 0. The van der Waals surface area contributed by atoms with Gasteiger partial charge in [-0.2, -0.15) is 0 Å². The van der Waals surface area contributed by atoms with Crippen LogP contribution >= 0.6 is 34.8 Å². The van der Waals surface area contributed by atoms with Crippen LogP contribution in [0.25, 0.3) is 0 Å². The quantitative estimate of drug-likeness (QED) is 0.562. The third kappa shape index (κ3) is 3.90. The molecule has 1 aromatic carbocycles. The fourth-order valence-electron chi connectivity index (χ4n) is 1.08. The molecule has 0 saturated heterocycles. The molecule has 0 fully saturated rings. The van der Waals surface area contributed by atoms with Gasteiger partial charge in [-0.3, -0.25) is 0 Å². The van der Waals surface area contributed by atoms with Crippen LogP contribution in [0.4, 0.5) is 0 Å². The van der Waals surface area contributed by atoms with E-state index in [9.17, 15) is 0 Å². The molecule has 0 amide bonds. The topological polar surface area (TPSA) is 0 Å². The van der Waals surface area contributed by atoms with E-state index in [4.69, 9.17) is 34.8 Å². The summed E-state index contributed by atoms with van der Waals surface area (Å²) in [5.74, 6) is 0. The van der Waals surface area contributed by atoms with Gasteiger partial charge in [-0.05, 0) is 17.5 Å². The Kier molecular flexibility index (Phi) is 4.11. The van der Waals surface area contributed by atoms with Crippen LogP contribution in [-0.2, 0) is 6.42 Å².